The zero-order valence-corrected chi connectivity index (χ0v) is 12.3. The Kier molecular flexibility index (Phi) is 4.20. The largest absolute Gasteiger partial charge is 0.322 e. The molecular weight excluding hydrogens is 252 g/mol. The van der Waals surface area contributed by atoms with Gasteiger partial charge in [0.25, 0.3) is 5.91 Å². The van der Waals surface area contributed by atoms with Crippen LogP contribution in [0.5, 0.6) is 0 Å². The minimum Gasteiger partial charge on any atom is -0.322 e. The van der Waals surface area contributed by atoms with Crippen LogP contribution in [-0.2, 0) is 13.6 Å². The van der Waals surface area contributed by atoms with E-state index in [-0.39, 0.29) is 5.91 Å². The van der Waals surface area contributed by atoms with Crippen molar-refractivity contribution in [1.82, 2.24) is 14.7 Å². The van der Waals surface area contributed by atoms with E-state index in [2.05, 4.69) is 15.3 Å². The van der Waals surface area contributed by atoms with Crippen LogP contribution in [0, 0.1) is 6.92 Å². The molecule has 0 aliphatic carbocycles. The van der Waals surface area contributed by atoms with Gasteiger partial charge >= 0.3 is 0 Å². The standard InChI is InChI=1S/C15H20N4O/c1-11-14(9-16-19(11)4)15(20)17-13-7-5-6-12(8-13)10-18(2)3/h5-9H,10H2,1-4H3,(H,17,20). The normalized spacial score (nSPS) is 10.8. The van der Waals surface area contributed by atoms with Crippen LogP contribution < -0.4 is 5.32 Å². The van der Waals surface area contributed by atoms with Crippen molar-refractivity contribution >= 4 is 11.6 Å². The van der Waals surface area contributed by atoms with Crippen LogP contribution in [0.2, 0.25) is 0 Å². The van der Waals surface area contributed by atoms with Crippen molar-refractivity contribution in [2.24, 2.45) is 7.05 Å². The summed E-state index contributed by atoms with van der Waals surface area (Å²) < 4.78 is 1.69. The molecule has 0 spiro atoms. The molecule has 5 nitrogen and oxygen atoms in total. The van der Waals surface area contributed by atoms with Gasteiger partial charge in [-0.15, -0.1) is 0 Å². The number of amides is 1. The van der Waals surface area contributed by atoms with Crippen LogP contribution in [0.3, 0.4) is 0 Å². The molecule has 0 saturated heterocycles. The lowest BCUT2D eigenvalue weighted by molar-refractivity contribution is 0.102. The number of nitrogens with zero attached hydrogens (tertiary/aromatic N) is 3. The summed E-state index contributed by atoms with van der Waals surface area (Å²) in [6, 6.07) is 7.88. The van der Waals surface area contributed by atoms with Crippen molar-refractivity contribution in [2.45, 2.75) is 13.5 Å². The van der Waals surface area contributed by atoms with Crippen molar-refractivity contribution in [1.29, 1.82) is 0 Å². The highest BCUT2D eigenvalue weighted by molar-refractivity contribution is 6.04. The van der Waals surface area contributed by atoms with E-state index in [9.17, 15) is 4.79 Å². The number of carbonyl (C=O) groups excluding carboxylic acids is 1. The van der Waals surface area contributed by atoms with Gasteiger partial charge in [0.05, 0.1) is 11.8 Å². The maximum atomic E-state index is 12.2. The zero-order valence-electron chi connectivity index (χ0n) is 12.3. The van der Waals surface area contributed by atoms with Gasteiger partial charge in [0.2, 0.25) is 0 Å². The SMILES string of the molecule is Cc1c(C(=O)Nc2cccc(CN(C)C)c2)cnn1C. The Hall–Kier alpha value is -2.14. The molecule has 1 N–H and O–H groups in total. The molecule has 5 heteroatoms. The fourth-order valence-corrected chi connectivity index (χ4v) is 2.03. The van der Waals surface area contributed by atoms with Gasteiger partial charge in [-0.3, -0.25) is 9.48 Å². The van der Waals surface area contributed by atoms with Crippen molar-refractivity contribution < 1.29 is 4.79 Å². The number of nitrogens with one attached hydrogen (secondary N) is 1. The van der Waals surface area contributed by atoms with Gasteiger partial charge < -0.3 is 10.2 Å². The monoisotopic (exact) mass is 272 g/mol. The van der Waals surface area contributed by atoms with Gasteiger partial charge in [0.1, 0.15) is 0 Å². The second-order valence-electron chi connectivity index (χ2n) is 5.16. The lowest BCUT2D eigenvalue weighted by Gasteiger charge is -2.11. The van der Waals surface area contributed by atoms with E-state index in [4.69, 9.17) is 0 Å². The Balaban J connectivity index is 2.13. The molecule has 0 unspecified atom stereocenters. The summed E-state index contributed by atoms with van der Waals surface area (Å²) in [5.74, 6) is -0.127. The minimum absolute atomic E-state index is 0.127. The number of aromatic nitrogens is 2. The predicted molar refractivity (Wildman–Crippen MR) is 79.7 cm³/mol. The molecular formula is C15H20N4O. The Bertz CT molecular complexity index is 616. The first-order chi connectivity index (χ1) is 9.47. The maximum Gasteiger partial charge on any atom is 0.259 e. The highest BCUT2D eigenvalue weighted by Crippen LogP contribution is 2.14. The fourth-order valence-electron chi connectivity index (χ4n) is 2.03. The molecule has 0 aliphatic heterocycles. The van der Waals surface area contributed by atoms with Gasteiger partial charge in [0.15, 0.2) is 0 Å². The number of rotatable bonds is 4. The lowest BCUT2D eigenvalue weighted by atomic mass is 10.2. The van der Waals surface area contributed by atoms with Crippen molar-refractivity contribution in [2.75, 3.05) is 19.4 Å². The van der Waals surface area contributed by atoms with Crippen molar-refractivity contribution in [3.63, 3.8) is 0 Å². The summed E-state index contributed by atoms with van der Waals surface area (Å²) in [5, 5.41) is 7.00. The number of anilines is 1. The summed E-state index contributed by atoms with van der Waals surface area (Å²) in [6.07, 6.45) is 1.59. The molecule has 1 aromatic heterocycles. The molecule has 1 amide bonds. The van der Waals surface area contributed by atoms with Gasteiger partial charge in [-0.2, -0.15) is 5.10 Å². The molecule has 2 rings (SSSR count). The molecule has 2 aromatic rings. The van der Waals surface area contributed by atoms with Crippen LogP contribution in [0.4, 0.5) is 5.69 Å². The van der Waals surface area contributed by atoms with Crippen molar-refractivity contribution in [3.05, 3.63) is 47.3 Å². The van der Waals surface area contributed by atoms with E-state index in [1.807, 2.05) is 52.3 Å². The molecule has 0 fully saturated rings. The van der Waals surface area contributed by atoms with Gasteiger partial charge in [0, 0.05) is 25.0 Å². The van der Waals surface area contributed by atoms with Gasteiger partial charge in [-0.05, 0) is 38.7 Å². The average molecular weight is 272 g/mol. The third-order valence-electron chi connectivity index (χ3n) is 3.16. The highest BCUT2D eigenvalue weighted by atomic mass is 16.1. The fraction of sp³-hybridized carbons (Fsp3) is 0.333. The Morgan fingerprint density at radius 2 is 2.15 bits per heavy atom. The molecule has 0 bridgehead atoms. The van der Waals surface area contributed by atoms with E-state index in [1.54, 1.807) is 10.9 Å². The first-order valence-corrected chi connectivity index (χ1v) is 6.51. The average Bonchev–Trinajstić information content (AvgIpc) is 2.69. The number of aryl methyl sites for hydroxylation is 1. The lowest BCUT2D eigenvalue weighted by Crippen LogP contribution is -2.14. The number of hydrogen-bond donors (Lipinski definition) is 1. The minimum atomic E-state index is -0.127. The maximum absolute atomic E-state index is 12.2. The summed E-state index contributed by atoms with van der Waals surface area (Å²) in [6.45, 7) is 2.72. The number of carbonyl (C=O) groups is 1. The third-order valence-corrected chi connectivity index (χ3v) is 3.16. The Morgan fingerprint density at radius 1 is 1.40 bits per heavy atom. The zero-order chi connectivity index (χ0) is 14.7. The molecule has 106 valence electrons. The summed E-state index contributed by atoms with van der Waals surface area (Å²) >= 11 is 0. The molecule has 0 atom stereocenters. The first kappa shape index (κ1) is 14.3. The van der Waals surface area contributed by atoms with Crippen LogP contribution in [-0.4, -0.2) is 34.7 Å². The smallest absolute Gasteiger partial charge is 0.259 e. The van der Waals surface area contributed by atoms with Crippen LogP contribution >= 0.6 is 0 Å². The Morgan fingerprint density at radius 3 is 2.75 bits per heavy atom. The third kappa shape index (κ3) is 3.24. The number of benzene rings is 1. The first-order valence-electron chi connectivity index (χ1n) is 6.51. The second kappa shape index (κ2) is 5.88. The predicted octanol–water partition coefficient (Wildman–Crippen LogP) is 2.04. The molecule has 0 radical (unpaired) electrons. The van der Waals surface area contributed by atoms with Crippen LogP contribution in [0.25, 0.3) is 0 Å². The van der Waals surface area contributed by atoms with E-state index >= 15 is 0 Å². The van der Waals surface area contributed by atoms with E-state index in [0.29, 0.717) is 5.56 Å². The quantitative estimate of drug-likeness (QED) is 0.926. The molecule has 1 heterocycles. The second-order valence-corrected chi connectivity index (χ2v) is 5.16. The van der Waals surface area contributed by atoms with E-state index in [0.717, 1.165) is 23.5 Å². The van der Waals surface area contributed by atoms with E-state index in [1.165, 1.54) is 0 Å². The summed E-state index contributed by atoms with van der Waals surface area (Å²) in [5.41, 5.74) is 3.42. The Labute approximate surface area is 119 Å². The molecule has 0 aliphatic rings. The highest BCUT2D eigenvalue weighted by Gasteiger charge is 2.12. The topological polar surface area (TPSA) is 50.2 Å². The molecule has 0 saturated carbocycles. The summed E-state index contributed by atoms with van der Waals surface area (Å²) in [4.78, 5) is 14.3. The molecule has 1 aromatic carbocycles. The van der Waals surface area contributed by atoms with Gasteiger partial charge in [-0.25, -0.2) is 0 Å². The van der Waals surface area contributed by atoms with E-state index < -0.39 is 0 Å². The van der Waals surface area contributed by atoms with Gasteiger partial charge in [-0.1, -0.05) is 12.1 Å². The van der Waals surface area contributed by atoms with Crippen LogP contribution in [0.15, 0.2) is 30.5 Å². The number of hydrogen-bond acceptors (Lipinski definition) is 3. The summed E-state index contributed by atoms with van der Waals surface area (Å²) in [7, 11) is 5.86. The van der Waals surface area contributed by atoms with Crippen LogP contribution in [0.1, 0.15) is 21.6 Å². The molecule has 20 heavy (non-hydrogen) atoms. The van der Waals surface area contributed by atoms with Crippen molar-refractivity contribution in [3.8, 4) is 0 Å².